The first-order valence-corrected chi connectivity index (χ1v) is 5.55. The molecule has 1 aromatic carbocycles. The van der Waals surface area contributed by atoms with Gasteiger partial charge in [-0.2, -0.15) is 0 Å². The van der Waals surface area contributed by atoms with Gasteiger partial charge in [-0.3, -0.25) is 4.79 Å². The second-order valence-electron chi connectivity index (χ2n) is 3.48. The molecular formula is C12H14ClFO2. The van der Waals surface area contributed by atoms with Gasteiger partial charge in [0.2, 0.25) is 0 Å². The molecule has 0 heterocycles. The Hall–Kier alpha value is -0.930. The van der Waals surface area contributed by atoms with Crippen molar-refractivity contribution in [2.75, 3.05) is 13.2 Å². The maximum Gasteiger partial charge on any atom is 0.162 e. The normalized spacial score (nSPS) is 10.4. The van der Waals surface area contributed by atoms with Crippen LogP contribution in [-0.2, 0) is 16.0 Å². The number of benzene rings is 1. The maximum absolute atomic E-state index is 13.4. The summed E-state index contributed by atoms with van der Waals surface area (Å²) in [5, 5.41) is 0.0415. The molecule has 0 aliphatic heterocycles. The van der Waals surface area contributed by atoms with Gasteiger partial charge in [0, 0.05) is 13.0 Å². The molecule has 0 saturated heterocycles. The zero-order chi connectivity index (χ0) is 12.0. The van der Waals surface area contributed by atoms with E-state index < -0.39 is 5.82 Å². The lowest BCUT2D eigenvalue weighted by Gasteiger charge is -2.04. The molecule has 16 heavy (non-hydrogen) atoms. The zero-order valence-corrected chi connectivity index (χ0v) is 9.89. The molecular weight excluding hydrogens is 231 g/mol. The van der Waals surface area contributed by atoms with Crippen LogP contribution in [0.4, 0.5) is 4.39 Å². The summed E-state index contributed by atoms with van der Waals surface area (Å²) in [5.41, 5.74) is 0.317. The number of carbonyl (C=O) groups excluding carboxylic acids is 1. The van der Waals surface area contributed by atoms with Crippen LogP contribution >= 0.6 is 11.6 Å². The van der Waals surface area contributed by atoms with E-state index in [1.807, 2.05) is 6.92 Å². The monoisotopic (exact) mass is 244 g/mol. The van der Waals surface area contributed by atoms with Crippen LogP contribution in [0.2, 0.25) is 5.02 Å². The van der Waals surface area contributed by atoms with E-state index in [2.05, 4.69) is 0 Å². The van der Waals surface area contributed by atoms with Crippen LogP contribution < -0.4 is 0 Å². The van der Waals surface area contributed by atoms with Gasteiger partial charge in [0.05, 0.1) is 5.02 Å². The molecule has 0 atom stereocenters. The number of ketones is 1. The van der Waals surface area contributed by atoms with Crippen LogP contribution in [-0.4, -0.2) is 19.0 Å². The van der Waals surface area contributed by atoms with Gasteiger partial charge in [-0.1, -0.05) is 30.7 Å². The summed E-state index contributed by atoms with van der Waals surface area (Å²) in [6.45, 7) is 2.53. The number of carbonyl (C=O) groups is 1. The smallest absolute Gasteiger partial charge is 0.162 e. The van der Waals surface area contributed by atoms with Crippen molar-refractivity contribution in [2.24, 2.45) is 0 Å². The van der Waals surface area contributed by atoms with Gasteiger partial charge in [-0.05, 0) is 18.1 Å². The largest absolute Gasteiger partial charge is 0.374 e. The standard InChI is InChI=1S/C12H14ClFO2/c1-2-6-16-8-10(15)7-9-4-3-5-11(13)12(9)14/h3-5H,2,6-8H2,1H3. The second-order valence-corrected chi connectivity index (χ2v) is 3.89. The van der Waals surface area contributed by atoms with E-state index in [0.717, 1.165) is 6.42 Å². The maximum atomic E-state index is 13.4. The van der Waals surface area contributed by atoms with Crippen molar-refractivity contribution >= 4 is 17.4 Å². The molecule has 1 rings (SSSR count). The molecule has 0 spiro atoms. The van der Waals surface area contributed by atoms with Crippen LogP contribution in [0, 0.1) is 5.82 Å². The Labute approximate surface area is 99.4 Å². The summed E-state index contributed by atoms with van der Waals surface area (Å²) in [7, 11) is 0. The van der Waals surface area contributed by atoms with Crippen LogP contribution in [0.3, 0.4) is 0 Å². The third kappa shape index (κ3) is 3.91. The minimum absolute atomic E-state index is 0.0239. The van der Waals surface area contributed by atoms with Crippen molar-refractivity contribution < 1.29 is 13.9 Å². The predicted octanol–water partition coefficient (Wildman–Crippen LogP) is 3.02. The molecule has 0 aliphatic carbocycles. The fourth-order valence-corrected chi connectivity index (χ4v) is 1.47. The SMILES string of the molecule is CCCOCC(=O)Cc1cccc(Cl)c1F. The second kappa shape index (κ2) is 6.61. The number of Topliss-reactive ketones (excluding diaryl/α,β-unsaturated/α-hetero) is 1. The Bertz CT molecular complexity index is 366. The molecule has 0 radical (unpaired) electrons. The van der Waals surface area contributed by atoms with E-state index in [0.29, 0.717) is 12.2 Å². The summed E-state index contributed by atoms with van der Waals surface area (Å²) >= 11 is 5.61. The molecule has 1 aromatic rings. The quantitative estimate of drug-likeness (QED) is 0.719. The fourth-order valence-electron chi connectivity index (χ4n) is 1.28. The van der Waals surface area contributed by atoms with Gasteiger partial charge in [-0.25, -0.2) is 4.39 Å². The highest BCUT2D eigenvalue weighted by atomic mass is 35.5. The fraction of sp³-hybridized carbons (Fsp3) is 0.417. The third-order valence-corrected chi connectivity index (χ3v) is 2.32. The predicted molar refractivity (Wildman–Crippen MR) is 61.2 cm³/mol. The van der Waals surface area contributed by atoms with Crippen molar-refractivity contribution in [3.63, 3.8) is 0 Å². The highest BCUT2D eigenvalue weighted by Crippen LogP contribution is 2.18. The summed E-state index contributed by atoms with van der Waals surface area (Å²) in [6, 6.07) is 4.64. The van der Waals surface area contributed by atoms with Crippen molar-refractivity contribution in [2.45, 2.75) is 19.8 Å². The average molecular weight is 245 g/mol. The first kappa shape index (κ1) is 13.1. The van der Waals surface area contributed by atoms with Crippen LogP contribution in [0.1, 0.15) is 18.9 Å². The Morgan fingerprint density at radius 1 is 1.50 bits per heavy atom. The van der Waals surface area contributed by atoms with E-state index in [1.54, 1.807) is 12.1 Å². The molecule has 0 bridgehead atoms. The van der Waals surface area contributed by atoms with Crippen molar-refractivity contribution in [1.82, 2.24) is 0 Å². The lowest BCUT2D eigenvalue weighted by molar-refractivity contribution is -0.122. The molecule has 0 aliphatic rings. The van der Waals surface area contributed by atoms with Gasteiger partial charge < -0.3 is 4.74 Å². The molecule has 88 valence electrons. The molecule has 0 amide bonds. The summed E-state index contributed by atoms with van der Waals surface area (Å²) < 4.78 is 18.5. The molecule has 0 N–H and O–H groups in total. The molecule has 0 aromatic heterocycles. The molecule has 0 fully saturated rings. The van der Waals surface area contributed by atoms with E-state index in [4.69, 9.17) is 16.3 Å². The van der Waals surface area contributed by atoms with E-state index >= 15 is 0 Å². The number of rotatable bonds is 6. The number of hydrogen-bond acceptors (Lipinski definition) is 2. The van der Waals surface area contributed by atoms with Crippen molar-refractivity contribution in [1.29, 1.82) is 0 Å². The number of ether oxygens (including phenoxy) is 1. The lowest BCUT2D eigenvalue weighted by atomic mass is 10.1. The Balaban J connectivity index is 2.53. The molecule has 2 nitrogen and oxygen atoms in total. The van der Waals surface area contributed by atoms with Crippen LogP contribution in [0.15, 0.2) is 18.2 Å². The highest BCUT2D eigenvalue weighted by molar-refractivity contribution is 6.30. The number of hydrogen-bond donors (Lipinski definition) is 0. The summed E-state index contributed by atoms with van der Waals surface area (Å²) in [4.78, 5) is 11.4. The first-order valence-electron chi connectivity index (χ1n) is 5.17. The Kier molecular flexibility index (Phi) is 5.43. The van der Waals surface area contributed by atoms with Gasteiger partial charge >= 0.3 is 0 Å². The van der Waals surface area contributed by atoms with E-state index in [-0.39, 0.29) is 23.8 Å². The summed E-state index contributed by atoms with van der Waals surface area (Å²) in [6.07, 6.45) is 0.884. The minimum atomic E-state index is -0.520. The van der Waals surface area contributed by atoms with Crippen LogP contribution in [0.5, 0.6) is 0 Å². The third-order valence-electron chi connectivity index (χ3n) is 2.03. The van der Waals surface area contributed by atoms with Crippen molar-refractivity contribution in [3.8, 4) is 0 Å². The molecule has 0 unspecified atom stereocenters. The van der Waals surface area contributed by atoms with Gasteiger partial charge in [0.1, 0.15) is 12.4 Å². The highest BCUT2D eigenvalue weighted by Gasteiger charge is 2.10. The summed E-state index contributed by atoms with van der Waals surface area (Å²) in [5.74, 6) is -0.664. The first-order chi connectivity index (χ1) is 7.65. The van der Waals surface area contributed by atoms with Crippen LogP contribution in [0.25, 0.3) is 0 Å². The minimum Gasteiger partial charge on any atom is -0.374 e. The van der Waals surface area contributed by atoms with E-state index in [9.17, 15) is 9.18 Å². The Morgan fingerprint density at radius 3 is 2.94 bits per heavy atom. The zero-order valence-electron chi connectivity index (χ0n) is 9.13. The van der Waals surface area contributed by atoms with Crippen molar-refractivity contribution in [3.05, 3.63) is 34.6 Å². The Morgan fingerprint density at radius 2 is 2.25 bits per heavy atom. The van der Waals surface area contributed by atoms with E-state index in [1.165, 1.54) is 6.07 Å². The topological polar surface area (TPSA) is 26.3 Å². The number of halogens is 2. The molecule has 4 heteroatoms. The average Bonchev–Trinajstić information content (AvgIpc) is 2.25. The lowest BCUT2D eigenvalue weighted by Crippen LogP contribution is -2.12. The van der Waals surface area contributed by atoms with Gasteiger partial charge in [0.25, 0.3) is 0 Å². The van der Waals surface area contributed by atoms with Gasteiger partial charge in [-0.15, -0.1) is 0 Å². The molecule has 0 saturated carbocycles. The van der Waals surface area contributed by atoms with Gasteiger partial charge in [0.15, 0.2) is 5.78 Å².